The van der Waals surface area contributed by atoms with Crippen molar-refractivity contribution in [2.75, 3.05) is 12.3 Å². The molecule has 4 rings (SSSR count). The normalized spacial score (nSPS) is 15.3. The number of benzene rings is 2. The van der Waals surface area contributed by atoms with Crippen molar-refractivity contribution in [1.82, 2.24) is 10.6 Å². The molecule has 10 heteroatoms. The number of nitro groups is 1. The summed E-state index contributed by atoms with van der Waals surface area (Å²) in [5, 5.41) is 29.1. The molecular formula is C29H33N3O5S2. The van der Waals surface area contributed by atoms with Crippen LogP contribution in [-0.4, -0.2) is 45.4 Å². The Labute approximate surface area is 236 Å². The van der Waals surface area contributed by atoms with Crippen LogP contribution in [0, 0.1) is 16.0 Å². The Morgan fingerprint density at radius 2 is 1.77 bits per heavy atom. The maximum atomic E-state index is 13.1. The molecule has 0 saturated heterocycles. The molecule has 1 saturated carbocycles. The summed E-state index contributed by atoms with van der Waals surface area (Å²) in [5.74, 6) is 0.806. The van der Waals surface area contributed by atoms with Crippen LogP contribution < -0.4 is 10.6 Å². The molecule has 1 aromatic heterocycles. The number of phenols is 1. The first-order valence-electron chi connectivity index (χ1n) is 13.2. The molecule has 2 aromatic carbocycles. The van der Waals surface area contributed by atoms with Crippen molar-refractivity contribution in [2.24, 2.45) is 5.92 Å². The minimum atomic E-state index is -0.421. The molecule has 0 spiro atoms. The van der Waals surface area contributed by atoms with E-state index in [0.29, 0.717) is 17.2 Å². The Morgan fingerprint density at radius 1 is 1.03 bits per heavy atom. The number of phenolic OH excluding ortho intramolecular Hbond substituents is 1. The van der Waals surface area contributed by atoms with Gasteiger partial charge in [-0.15, -0.1) is 11.3 Å². The lowest BCUT2D eigenvalue weighted by Gasteiger charge is -2.30. The lowest BCUT2D eigenvalue weighted by Crippen LogP contribution is -2.50. The monoisotopic (exact) mass is 567 g/mol. The highest BCUT2D eigenvalue weighted by Gasteiger charge is 2.28. The second-order valence-electron chi connectivity index (χ2n) is 9.79. The largest absolute Gasteiger partial charge is 0.507 e. The number of rotatable bonds is 12. The molecule has 1 aliphatic rings. The Balaban J connectivity index is 1.56. The summed E-state index contributed by atoms with van der Waals surface area (Å²) in [6.07, 6.45) is 6.67. The van der Waals surface area contributed by atoms with Crippen molar-refractivity contribution in [3.05, 3.63) is 92.2 Å². The number of non-ortho nitro benzene ring substituents is 1. The van der Waals surface area contributed by atoms with E-state index in [0.717, 1.165) is 11.3 Å². The first-order chi connectivity index (χ1) is 18.9. The summed E-state index contributed by atoms with van der Waals surface area (Å²) < 4.78 is 0. The molecule has 2 unspecified atom stereocenters. The van der Waals surface area contributed by atoms with Crippen molar-refractivity contribution in [2.45, 2.75) is 49.8 Å². The van der Waals surface area contributed by atoms with Crippen molar-refractivity contribution >= 4 is 40.6 Å². The summed E-state index contributed by atoms with van der Waals surface area (Å²) in [5.41, 5.74) is 1.12. The first kappa shape index (κ1) is 28.6. The summed E-state index contributed by atoms with van der Waals surface area (Å²) in [7, 11) is 0. The highest BCUT2D eigenvalue weighted by atomic mass is 32.2. The molecule has 0 aliphatic heterocycles. The van der Waals surface area contributed by atoms with E-state index in [1.54, 1.807) is 48.2 Å². The van der Waals surface area contributed by atoms with Crippen LogP contribution in [0.15, 0.2) is 66.0 Å². The number of aromatic hydroxyl groups is 1. The van der Waals surface area contributed by atoms with E-state index < -0.39 is 16.9 Å². The van der Waals surface area contributed by atoms with Gasteiger partial charge in [0.15, 0.2) is 0 Å². The second kappa shape index (κ2) is 14.1. The lowest BCUT2D eigenvalue weighted by molar-refractivity contribution is -0.384. The van der Waals surface area contributed by atoms with Crippen LogP contribution >= 0.6 is 23.1 Å². The van der Waals surface area contributed by atoms with E-state index in [-0.39, 0.29) is 34.7 Å². The van der Waals surface area contributed by atoms with Gasteiger partial charge in [0.05, 0.1) is 21.4 Å². The van der Waals surface area contributed by atoms with E-state index in [4.69, 9.17) is 0 Å². The van der Waals surface area contributed by atoms with Crippen LogP contribution in [0.2, 0.25) is 0 Å². The molecule has 2 atom stereocenters. The average Bonchev–Trinajstić information content (AvgIpc) is 3.50. The summed E-state index contributed by atoms with van der Waals surface area (Å²) in [6, 6.07) is 16.0. The zero-order valence-corrected chi connectivity index (χ0v) is 23.2. The number of thioether (sulfide) groups is 1. The number of nitrogens with zero attached hydrogens (tertiary/aromatic N) is 1. The Hall–Kier alpha value is -3.37. The highest BCUT2D eigenvalue weighted by Crippen LogP contribution is 2.31. The molecule has 39 heavy (non-hydrogen) atoms. The number of nitrogens with one attached hydrogen (secondary N) is 2. The standard InChI is InChI=1S/C29H33N3O5S2/c33-25-10-5-4-9-23(25)28(34)30-18-24(31-29(35)26-11-6-16-38-26)27(39-19-21-7-2-1-3-8-21)17-20-12-14-22(15-13-20)32(36)37/h4-6,9-16,21,24,27,33H,1-3,7-8,17-19H2,(H,30,34)(H,31,35). The van der Waals surface area contributed by atoms with Gasteiger partial charge in [-0.2, -0.15) is 11.8 Å². The molecular weight excluding hydrogens is 534 g/mol. The zero-order valence-electron chi connectivity index (χ0n) is 21.6. The van der Waals surface area contributed by atoms with Crippen LogP contribution in [0.3, 0.4) is 0 Å². The van der Waals surface area contributed by atoms with Gasteiger partial charge in [0.25, 0.3) is 17.5 Å². The lowest BCUT2D eigenvalue weighted by atomic mass is 9.91. The zero-order chi connectivity index (χ0) is 27.6. The predicted octanol–water partition coefficient (Wildman–Crippen LogP) is 5.82. The first-order valence-corrected chi connectivity index (χ1v) is 15.1. The molecule has 3 aromatic rings. The minimum Gasteiger partial charge on any atom is -0.507 e. The van der Waals surface area contributed by atoms with E-state index in [1.165, 1.54) is 61.6 Å². The third-order valence-corrected chi connectivity index (χ3v) is 9.45. The average molecular weight is 568 g/mol. The molecule has 1 aliphatic carbocycles. The molecule has 206 valence electrons. The van der Waals surface area contributed by atoms with Crippen LogP contribution in [0.4, 0.5) is 5.69 Å². The van der Waals surface area contributed by atoms with E-state index in [9.17, 15) is 24.8 Å². The number of amides is 2. The molecule has 8 nitrogen and oxygen atoms in total. The van der Waals surface area contributed by atoms with Gasteiger partial charge in [0.1, 0.15) is 5.75 Å². The predicted molar refractivity (Wildman–Crippen MR) is 156 cm³/mol. The Bertz CT molecular complexity index is 1240. The van der Waals surface area contributed by atoms with Gasteiger partial charge >= 0.3 is 0 Å². The quantitative estimate of drug-likeness (QED) is 0.187. The molecule has 0 bridgehead atoms. The maximum Gasteiger partial charge on any atom is 0.269 e. The number of thiophene rings is 1. The number of carbonyl (C=O) groups excluding carboxylic acids is 2. The summed E-state index contributed by atoms with van der Waals surface area (Å²) in [4.78, 5) is 37.4. The van der Waals surface area contributed by atoms with Crippen LogP contribution in [0.1, 0.15) is 57.7 Å². The van der Waals surface area contributed by atoms with Gasteiger partial charge in [0, 0.05) is 23.9 Å². The number of hydrogen-bond acceptors (Lipinski definition) is 7. The van der Waals surface area contributed by atoms with Gasteiger partial charge in [-0.3, -0.25) is 19.7 Å². The minimum absolute atomic E-state index is 0.0302. The smallest absolute Gasteiger partial charge is 0.269 e. The van der Waals surface area contributed by atoms with Gasteiger partial charge in [-0.25, -0.2) is 0 Å². The number of carbonyl (C=O) groups is 2. The van der Waals surface area contributed by atoms with Crippen molar-refractivity contribution in [3.8, 4) is 5.75 Å². The fourth-order valence-corrected chi connectivity index (χ4v) is 6.99. The highest BCUT2D eigenvalue weighted by molar-refractivity contribution is 7.99. The third kappa shape index (κ3) is 8.31. The summed E-state index contributed by atoms with van der Waals surface area (Å²) >= 11 is 3.13. The third-order valence-electron chi connectivity index (χ3n) is 7.00. The Kier molecular flexibility index (Phi) is 10.4. The molecule has 3 N–H and O–H groups in total. The van der Waals surface area contributed by atoms with Crippen molar-refractivity contribution in [1.29, 1.82) is 0 Å². The molecule has 1 heterocycles. The second-order valence-corrected chi connectivity index (χ2v) is 12.0. The van der Waals surface area contributed by atoms with Crippen LogP contribution in [-0.2, 0) is 6.42 Å². The fourth-order valence-electron chi connectivity index (χ4n) is 4.80. The SMILES string of the molecule is O=C(NC(CNC(=O)c1ccccc1O)C(Cc1ccc([N+](=O)[O-])cc1)SCC1CCCCC1)c1cccs1. The topological polar surface area (TPSA) is 122 Å². The van der Waals surface area contributed by atoms with Gasteiger partial charge in [-0.1, -0.05) is 49.6 Å². The van der Waals surface area contributed by atoms with Crippen molar-refractivity contribution < 1.29 is 19.6 Å². The van der Waals surface area contributed by atoms with Crippen molar-refractivity contribution in [3.63, 3.8) is 0 Å². The number of nitro benzene ring substituents is 1. The maximum absolute atomic E-state index is 13.1. The van der Waals surface area contributed by atoms with Gasteiger partial charge in [-0.05, 0) is 60.1 Å². The summed E-state index contributed by atoms with van der Waals surface area (Å²) in [6.45, 7) is 0.166. The molecule has 2 amide bonds. The number of para-hydroxylation sites is 1. The Morgan fingerprint density at radius 3 is 2.44 bits per heavy atom. The van der Waals surface area contributed by atoms with Crippen LogP contribution in [0.25, 0.3) is 0 Å². The van der Waals surface area contributed by atoms with Gasteiger partial charge < -0.3 is 15.7 Å². The van der Waals surface area contributed by atoms with E-state index >= 15 is 0 Å². The van der Waals surface area contributed by atoms with E-state index in [1.807, 2.05) is 11.4 Å². The molecule has 0 radical (unpaired) electrons. The fraction of sp³-hybridized carbons (Fsp3) is 0.379. The number of hydrogen-bond donors (Lipinski definition) is 3. The van der Waals surface area contributed by atoms with E-state index in [2.05, 4.69) is 10.6 Å². The van der Waals surface area contributed by atoms with Crippen LogP contribution in [0.5, 0.6) is 5.75 Å². The van der Waals surface area contributed by atoms with Gasteiger partial charge in [0.2, 0.25) is 0 Å². The molecule has 1 fully saturated rings.